The molecule has 0 atom stereocenters. The van der Waals surface area contributed by atoms with Gasteiger partial charge in [0.25, 0.3) is 5.91 Å². The van der Waals surface area contributed by atoms with Crippen LogP contribution in [0.5, 0.6) is 5.75 Å². The van der Waals surface area contributed by atoms with E-state index in [9.17, 15) is 9.59 Å². The summed E-state index contributed by atoms with van der Waals surface area (Å²) in [5.74, 6) is 0.363. The van der Waals surface area contributed by atoms with Gasteiger partial charge in [0.1, 0.15) is 12.4 Å². The minimum absolute atomic E-state index is 0.00354. The monoisotopic (exact) mass is 429 g/mol. The molecule has 0 saturated carbocycles. The van der Waals surface area contributed by atoms with E-state index >= 15 is 0 Å². The van der Waals surface area contributed by atoms with Crippen LogP contribution >= 0.6 is 0 Å². The van der Waals surface area contributed by atoms with E-state index in [1.807, 2.05) is 48.5 Å². The second-order valence-electron chi connectivity index (χ2n) is 7.68. The number of piperazine rings is 1. The Balaban J connectivity index is 1.21. The van der Waals surface area contributed by atoms with E-state index < -0.39 is 0 Å². The lowest BCUT2D eigenvalue weighted by atomic mass is 10.2. The third-order valence-electron chi connectivity index (χ3n) is 5.52. The van der Waals surface area contributed by atoms with Gasteiger partial charge in [-0.25, -0.2) is 0 Å². The van der Waals surface area contributed by atoms with Crippen LogP contribution in [-0.4, -0.2) is 49.4 Å². The van der Waals surface area contributed by atoms with Gasteiger partial charge < -0.3 is 19.9 Å². The lowest BCUT2D eigenvalue weighted by Gasteiger charge is -2.36. The van der Waals surface area contributed by atoms with Gasteiger partial charge in [0.2, 0.25) is 5.91 Å². The van der Waals surface area contributed by atoms with E-state index in [4.69, 9.17) is 4.74 Å². The Hall–Kier alpha value is -3.80. The number of carbonyl (C=O) groups is 2. The predicted octanol–water partition coefficient (Wildman–Crippen LogP) is 3.34. The number of para-hydroxylation sites is 1. The summed E-state index contributed by atoms with van der Waals surface area (Å²) in [6.07, 6.45) is 0. The number of nitrogens with one attached hydrogen (secondary N) is 1. The fraction of sp³-hybridized carbons (Fsp3) is 0.231. The lowest BCUT2D eigenvalue weighted by molar-refractivity contribution is -0.130. The summed E-state index contributed by atoms with van der Waals surface area (Å²) in [6.45, 7) is 3.34. The summed E-state index contributed by atoms with van der Waals surface area (Å²) in [4.78, 5) is 29.0. The Morgan fingerprint density at radius 2 is 1.41 bits per heavy atom. The molecule has 0 aliphatic carbocycles. The Kier molecular flexibility index (Phi) is 7.02. The van der Waals surface area contributed by atoms with Crippen LogP contribution in [-0.2, 0) is 11.4 Å². The average molecular weight is 430 g/mol. The Bertz CT molecular complexity index is 1020. The second-order valence-corrected chi connectivity index (χ2v) is 7.68. The van der Waals surface area contributed by atoms with Crippen LogP contribution in [0, 0.1) is 0 Å². The van der Waals surface area contributed by atoms with Crippen LogP contribution in [0.1, 0.15) is 15.9 Å². The number of benzene rings is 3. The van der Waals surface area contributed by atoms with Crippen LogP contribution in [0.2, 0.25) is 0 Å². The van der Waals surface area contributed by atoms with Crippen molar-refractivity contribution in [1.29, 1.82) is 0 Å². The Morgan fingerprint density at radius 1 is 0.781 bits per heavy atom. The zero-order chi connectivity index (χ0) is 22.2. The first-order chi connectivity index (χ1) is 15.7. The summed E-state index contributed by atoms with van der Waals surface area (Å²) >= 11 is 0. The maximum Gasteiger partial charge on any atom is 0.251 e. The molecular weight excluding hydrogens is 402 g/mol. The van der Waals surface area contributed by atoms with Crippen molar-refractivity contribution in [3.05, 3.63) is 96.1 Å². The molecule has 2 amide bonds. The molecule has 1 aliphatic heterocycles. The van der Waals surface area contributed by atoms with Crippen LogP contribution in [0.25, 0.3) is 0 Å². The van der Waals surface area contributed by atoms with Crippen molar-refractivity contribution in [3.8, 4) is 5.75 Å². The molecule has 32 heavy (non-hydrogen) atoms. The first kappa shape index (κ1) is 21.4. The first-order valence-electron chi connectivity index (χ1n) is 10.8. The third-order valence-corrected chi connectivity index (χ3v) is 5.52. The molecule has 6 heteroatoms. The van der Waals surface area contributed by atoms with E-state index in [1.54, 1.807) is 29.2 Å². The minimum atomic E-state index is -0.268. The molecule has 0 unspecified atom stereocenters. The highest BCUT2D eigenvalue weighted by Gasteiger charge is 2.21. The number of rotatable bonds is 7. The molecule has 1 heterocycles. The number of anilines is 1. The normalized spacial score (nSPS) is 13.5. The Labute approximate surface area is 188 Å². The maximum atomic E-state index is 12.5. The van der Waals surface area contributed by atoms with Gasteiger partial charge in [-0.2, -0.15) is 0 Å². The molecule has 4 rings (SSSR count). The smallest absolute Gasteiger partial charge is 0.251 e. The van der Waals surface area contributed by atoms with Crippen molar-refractivity contribution in [2.24, 2.45) is 0 Å². The molecule has 0 aromatic heterocycles. The highest BCUT2D eigenvalue weighted by molar-refractivity contribution is 5.96. The van der Waals surface area contributed by atoms with Crippen molar-refractivity contribution in [2.45, 2.75) is 6.61 Å². The van der Waals surface area contributed by atoms with Crippen molar-refractivity contribution in [3.63, 3.8) is 0 Å². The molecule has 3 aromatic rings. The van der Waals surface area contributed by atoms with Gasteiger partial charge in [-0.3, -0.25) is 9.59 Å². The van der Waals surface area contributed by atoms with Crippen LogP contribution in [0.4, 0.5) is 5.69 Å². The lowest BCUT2D eigenvalue weighted by Crippen LogP contribution is -2.51. The second kappa shape index (κ2) is 10.5. The minimum Gasteiger partial charge on any atom is -0.489 e. The average Bonchev–Trinajstić information content (AvgIpc) is 2.87. The summed E-state index contributed by atoms with van der Waals surface area (Å²) in [5.41, 5.74) is 2.75. The molecule has 3 aromatic carbocycles. The molecule has 6 nitrogen and oxygen atoms in total. The number of hydrogen-bond acceptors (Lipinski definition) is 4. The zero-order valence-electron chi connectivity index (χ0n) is 17.9. The number of amides is 2. The van der Waals surface area contributed by atoms with Crippen LogP contribution in [0.3, 0.4) is 0 Å². The molecule has 164 valence electrons. The van der Waals surface area contributed by atoms with Gasteiger partial charge in [-0.05, 0) is 42.0 Å². The van der Waals surface area contributed by atoms with Crippen molar-refractivity contribution in [2.75, 3.05) is 37.6 Å². The molecule has 1 aliphatic rings. The summed E-state index contributed by atoms with van der Waals surface area (Å²) in [7, 11) is 0. The highest BCUT2D eigenvalue weighted by Crippen LogP contribution is 2.16. The molecule has 0 spiro atoms. The van der Waals surface area contributed by atoms with Gasteiger partial charge in [0.05, 0.1) is 6.54 Å². The van der Waals surface area contributed by atoms with E-state index in [-0.39, 0.29) is 18.4 Å². The van der Waals surface area contributed by atoms with Crippen LogP contribution in [0.15, 0.2) is 84.9 Å². The SMILES string of the molecule is O=C(NCC(=O)N1CCN(c2ccccc2)CC1)c1ccc(OCc2ccccc2)cc1. The van der Waals surface area contributed by atoms with Crippen molar-refractivity contribution < 1.29 is 14.3 Å². The quantitative estimate of drug-likeness (QED) is 0.626. The highest BCUT2D eigenvalue weighted by atomic mass is 16.5. The molecule has 0 bridgehead atoms. The summed E-state index contributed by atoms with van der Waals surface area (Å²) < 4.78 is 5.75. The van der Waals surface area contributed by atoms with E-state index in [0.29, 0.717) is 31.0 Å². The zero-order valence-corrected chi connectivity index (χ0v) is 17.9. The van der Waals surface area contributed by atoms with Gasteiger partial charge in [-0.15, -0.1) is 0 Å². The topological polar surface area (TPSA) is 61.9 Å². The number of hydrogen-bond donors (Lipinski definition) is 1. The third kappa shape index (κ3) is 5.66. The maximum absolute atomic E-state index is 12.5. The van der Waals surface area contributed by atoms with E-state index in [2.05, 4.69) is 22.3 Å². The van der Waals surface area contributed by atoms with Gasteiger partial charge in [0.15, 0.2) is 0 Å². The summed E-state index contributed by atoms with van der Waals surface area (Å²) in [6, 6.07) is 27.0. The van der Waals surface area contributed by atoms with Gasteiger partial charge in [-0.1, -0.05) is 48.5 Å². The molecule has 0 radical (unpaired) electrons. The number of carbonyl (C=O) groups excluding carboxylic acids is 2. The fourth-order valence-electron chi connectivity index (χ4n) is 3.67. The Morgan fingerprint density at radius 3 is 2.06 bits per heavy atom. The molecule has 1 fully saturated rings. The standard InChI is InChI=1S/C26H27N3O3/c30-25(29-17-15-28(16-18-29)23-9-5-2-6-10-23)19-27-26(31)22-11-13-24(14-12-22)32-20-21-7-3-1-4-8-21/h1-14H,15-20H2,(H,27,31). The number of nitrogens with zero attached hydrogens (tertiary/aromatic N) is 2. The van der Waals surface area contributed by atoms with Crippen molar-refractivity contribution in [1.82, 2.24) is 10.2 Å². The fourth-order valence-corrected chi connectivity index (χ4v) is 3.67. The van der Waals surface area contributed by atoms with E-state index in [1.165, 1.54) is 5.69 Å². The largest absolute Gasteiger partial charge is 0.489 e. The summed E-state index contributed by atoms with van der Waals surface area (Å²) in [5, 5.41) is 2.73. The molecular formula is C26H27N3O3. The molecule has 1 saturated heterocycles. The van der Waals surface area contributed by atoms with Gasteiger partial charge in [0, 0.05) is 37.4 Å². The van der Waals surface area contributed by atoms with Crippen LogP contribution < -0.4 is 15.0 Å². The van der Waals surface area contributed by atoms with E-state index in [0.717, 1.165) is 18.7 Å². The van der Waals surface area contributed by atoms with Crippen molar-refractivity contribution >= 4 is 17.5 Å². The molecule has 1 N–H and O–H groups in total. The first-order valence-corrected chi connectivity index (χ1v) is 10.8. The van der Waals surface area contributed by atoms with Gasteiger partial charge >= 0.3 is 0 Å². The number of ether oxygens (including phenoxy) is 1. The predicted molar refractivity (Wildman–Crippen MR) is 125 cm³/mol.